The fraction of sp³-hybridized carbons (Fsp3) is 0.182. The van der Waals surface area contributed by atoms with Gasteiger partial charge in [0.1, 0.15) is 5.82 Å². The summed E-state index contributed by atoms with van der Waals surface area (Å²) in [6, 6.07) is 4.54. The van der Waals surface area contributed by atoms with E-state index in [0.717, 1.165) is 6.07 Å². The molecule has 0 fully saturated rings. The van der Waals surface area contributed by atoms with Crippen LogP contribution in [-0.4, -0.2) is 23.3 Å². The van der Waals surface area contributed by atoms with Crippen molar-refractivity contribution in [1.82, 2.24) is 14.7 Å². The van der Waals surface area contributed by atoms with Crippen molar-refractivity contribution in [3.8, 4) is 0 Å². The minimum atomic E-state index is -4.01. The smallest absolute Gasteiger partial charge is 0.289 e. The predicted molar refractivity (Wildman–Crippen MR) is 70.4 cm³/mol. The Balaban J connectivity index is 2.34. The highest BCUT2D eigenvalue weighted by molar-refractivity contribution is 7.89. The number of nitro benzene ring substituents is 1. The summed E-state index contributed by atoms with van der Waals surface area (Å²) in [5.74, 6) is 0.423. The maximum absolute atomic E-state index is 12.2. The summed E-state index contributed by atoms with van der Waals surface area (Å²) < 4.78 is 26.8. The Labute approximate surface area is 115 Å². The normalized spacial score (nSPS) is 13.1. The lowest BCUT2D eigenvalue weighted by molar-refractivity contribution is -0.387. The first-order chi connectivity index (χ1) is 9.42. The van der Waals surface area contributed by atoms with Crippen LogP contribution in [0, 0.1) is 10.1 Å². The molecule has 1 aromatic carbocycles. The van der Waals surface area contributed by atoms with Crippen LogP contribution in [0.5, 0.6) is 0 Å². The number of para-hydroxylation sites is 1. The Hall–Kier alpha value is -2.26. The number of sulfonamides is 1. The van der Waals surface area contributed by atoms with Crippen molar-refractivity contribution in [3.63, 3.8) is 0 Å². The van der Waals surface area contributed by atoms with E-state index >= 15 is 0 Å². The molecule has 0 aliphatic heterocycles. The fourth-order valence-electron chi connectivity index (χ4n) is 1.70. The first-order valence-electron chi connectivity index (χ1n) is 5.67. The SMILES string of the molecule is CC(NS(=O)(=O)c1ccccc1[N+](=O)[O-])c1ncc[nH]1. The van der Waals surface area contributed by atoms with E-state index in [-0.39, 0.29) is 4.90 Å². The highest BCUT2D eigenvalue weighted by Crippen LogP contribution is 2.24. The lowest BCUT2D eigenvalue weighted by Gasteiger charge is -2.12. The van der Waals surface area contributed by atoms with Crippen molar-refractivity contribution in [2.24, 2.45) is 0 Å². The molecule has 2 aromatic rings. The van der Waals surface area contributed by atoms with Gasteiger partial charge in [0.25, 0.3) is 5.69 Å². The number of imidazole rings is 1. The molecule has 0 spiro atoms. The lowest BCUT2D eigenvalue weighted by Crippen LogP contribution is -2.28. The Morgan fingerprint density at radius 3 is 2.70 bits per heavy atom. The molecule has 2 rings (SSSR count). The molecule has 0 aliphatic rings. The zero-order valence-corrected chi connectivity index (χ0v) is 11.3. The summed E-state index contributed by atoms with van der Waals surface area (Å²) in [6.07, 6.45) is 3.05. The Bertz CT molecular complexity index is 712. The lowest BCUT2D eigenvalue weighted by atomic mass is 10.3. The zero-order chi connectivity index (χ0) is 14.8. The molecule has 0 saturated carbocycles. The van der Waals surface area contributed by atoms with E-state index in [1.165, 1.54) is 24.4 Å². The van der Waals surface area contributed by atoms with Gasteiger partial charge in [0.15, 0.2) is 4.90 Å². The molecule has 9 heteroatoms. The molecular weight excluding hydrogens is 284 g/mol. The van der Waals surface area contributed by atoms with Gasteiger partial charge < -0.3 is 4.98 Å². The number of aromatic amines is 1. The summed E-state index contributed by atoms with van der Waals surface area (Å²) in [5, 5.41) is 10.9. The maximum Gasteiger partial charge on any atom is 0.289 e. The minimum Gasteiger partial charge on any atom is -0.347 e. The fourth-order valence-corrected chi connectivity index (χ4v) is 3.08. The van der Waals surface area contributed by atoms with Gasteiger partial charge in [0.2, 0.25) is 10.0 Å². The van der Waals surface area contributed by atoms with Crippen LogP contribution in [0.15, 0.2) is 41.6 Å². The first kappa shape index (κ1) is 14.2. The van der Waals surface area contributed by atoms with Gasteiger partial charge in [0.05, 0.1) is 11.0 Å². The summed E-state index contributed by atoms with van der Waals surface area (Å²) in [6.45, 7) is 1.59. The summed E-state index contributed by atoms with van der Waals surface area (Å²) in [7, 11) is -4.01. The molecule has 0 bridgehead atoms. The maximum atomic E-state index is 12.2. The number of hydrogen-bond acceptors (Lipinski definition) is 5. The van der Waals surface area contributed by atoms with Crippen LogP contribution in [0.4, 0.5) is 5.69 Å². The van der Waals surface area contributed by atoms with Crippen LogP contribution >= 0.6 is 0 Å². The molecule has 106 valence electrons. The number of rotatable bonds is 5. The van der Waals surface area contributed by atoms with Crippen molar-refractivity contribution < 1.29 is 13.3 Å². The molecule has 1 aromatic heterocycles. The third-order valence-electron chi connectivity index (χ3n) is 2.61. The second-order valence-electron chi connectivity index (χ2n) is 4.04. The third-order valence-corrected chi connectivity index (χ3v) is 4.20. The van der Waals surface area contributed by atoms with Gasteiger partial charge >= 0.3 is 0 Å². The molecule has 1 atom stereocenters. The molecule has 1 unspecified atom stereocenters. The van der Waals surface area contributed by atoms with Gasteiger partial charge in [0, 0.05) is 18.5 Å². The topological polar surface area (TPSA) is 118 Å². The summed E-state index contributed by atoms with van der Waals surface area (Å²) in [4.78, 5) is 16.5. The Kier molecular flexibility index (Phi) is 3.81. The Morgan fingerprint density at radius 2 is 2.10 bits per heavy atom. The standard InChI is InChI=1S/C11H12N4O4S/c1-8(11-12-6-7-13-11)14-20(18,19)10-5-3-2-4-9(10)15(16)17/h2-8,14H,1H3,(H,12,13). The van der Waals surface area contributed by atoms with Crippen molar-refractivity contribution in [2.45, 2.75) is 17.9 Å². The molecule has 0 aliphatic carbocycles. The molecule has 1 heterocycles. The number of H-pyrrole nitrogens is 1. The highest BCUT2D eigenvalue weighted by Gasteiger charge is 2.27. The minimum absolute atomic E-state index is 0.372. The van der Waals surface area contributed by atoms with Crippen LogP contribution in [0.1, 0.15) is 18.8 Å². The predicted octanol–water partition coefficient (Wildman–Crippen LogP) is 1.36. The van der Waals surface area contributed by atoms with Gasteiger partial charge in [-0.1, -0.05) is 12.1 Å². The molecule has 20 heavy (non-hydrogen) atoms. The van der Waals surface area contributed by atoms with Crippen molar-refractivity contribution in [1.29, 1.82) is 0 Å². The van der Waals surface area contributed by atoms with E-state index in [4.69, 9.17) is 0 Å². The van der Waals surface area contributed by atoms with Gasteiger partial charge in [-0.2, -0.15) is 0 Å². The van der Waals surface area contributed by atoms with Crippen LogP contribution in [0.2, 0.25) is 0 Å². The largest absolute Gasteiger partial charge is 0.347 e. The van der Waals surface area contributed by atoms with E-state index in [1.807, 2.05) is 0 Å². The van der Waals surface area contributed by atoms with E-state index in [2.05, 4.69) is 14.7 Å². The van der Waals surface area contributed by atoms with Gasteiger partial charge in [-0.3, -0.25) is 10.1 Å². The van der Waals surface area contributed by atoms with E-state index in [1.54, 1.807) is 13.1 Å². The van der Waals surface area contributed by atoms with Crippen molar-refractivity contribution in [3.05, 3.63) is 52.6 Å². The number of nitrogens with zero attached hydrogens (tertiary/aromatic N) is 2. The second-order valence-corrected chi connectivity index (χ2v) is 5.72. The van der Waals surface area contributed by atoms with Gasteiger partial charge in [-0.05, 0) is 13.0 Å². The van der Waals surface area contributed by atoms with Gasteiger partial charge in [-0.15, -0.1) is 0 Å². The monoisotopic (exact) mass is 296 g/mol. The second kappa shape index (κ2) is 5.39. The van der Waals surface area contributed by atoms with Crippen molar-refractivity contribution in [2.75, 3.05) is 0 Å². The van der Waals surface area contributed by atoms with Crippen LogP contribution < -0.4 is 4.72 Å². The molecule has 0 radical (unpaired) electrons. The van der Waals surface area contributed by atoms with Crippen LogP contribution in [0.25, 0.3) is 0 Å². The first-order valence-corrected chi connectivity index (χ1v) is 7.15. The number of nitrogens with one attached hydrogen (secondary N) is 2. The quantitative estimate of drug-likeness (QED) is 0.638. The zero-order valence-electron chi connectivity index (χ0n) is 10.5. The average Bonchev–Trinajstić information content (AvgIpc) is 2.92. The number of aromatic nitrogens is 2. The molecule has 0 saturated heterocycles. The highest BCUT2D eigenvalue weighted by atomic mass is 32.2. The summed E-state index contributed by atoms with van der Waals surface area (Å²) >= 11 is 0. The van der Waals surface area contributed by atoms with Gasteiger partial charge in [-0.25, -0.2) is 18.1 Å². The average molecular weight is 296 g/mol. The Morgan fingerprint density at radius 1 is 1.40 bits per heavy atom. The van der Waals surface area contributed by atoms with Crippen molar-refractivity contribution >= 4 is 15.7 Å². The molecular formula is C11H12N4O4S. The number of benzene rings is 1. The molecule has 8 nitrogen and oxygen atoms in total. The summed E-state index contributed by atoms with van der Waals surface area (Å²) in [5.41, 5.74) is -0.466. The van der Waals surface area contributed by atoms with E-state index in [9.17, 15) is 18.5 Å². The van der Waals surface area contributed by atoms with E-state index in [0.29, 0.717) is 5.82 Å². The molecule has 0 amide bonds. The number of nitro groups is 1. The molecule has 2 N–H and O–H groups in total. The van der Waals surface area contributed by atoms with Crippen LogP contribution in [0.3, 0.4) is 0 Å². The van der Waals surface area contributed by atoms with E-state index < -0.39 is 26.7 Å². The third kappa shape index (κ3) is 2.83. The number of hydrogen-bond donors (Lipinski definition) is 2. The van der Waals surface area contributed by atoms with Crippen LogP contribution in [-0.2, 0) is 10.0 Å².